The molecule has 17 heavy (non-hydrogen) atoms. The molecule has 1 rings (SSSR count). The van der Waals surface area contributed by atoms with Crippen LogP contribution in [0.2, 0.25) is 0 Å². The number of carbonyl (C=O) groups excluding carboxylic acids is 1. The summed E-state index contributed by atoms with van der Waals surface area (Å²) in [4.78, 5) is 11.2. The number of hydrogen-bond acceptors (Lipinski definition) is 2. The van der Waals surface area contributed by atoms with Gasteiger partial charge >= 0.3 is 0 Å². The molecule has 0 saturated carbocycles. The quantitative estimate of drug-likeness (QED) is 0.636. The standard InChI is InChI=1S/C10H10F4N2O/c1-4(15)2-7(17)16-10-8(13)5(11)3-6(12)9(10)14/h3-4H,2,15H2,1H3,(H,16,17). The summed E-state index contributed by atoms with van der Waals surface area (Å²) in [6.45, 7) is 1.50. The first-order valence-electron chi connectivity index (χ1n) is 4.71. The molecule has 0 saturated heterocycles. The Balaban J connectivity index is 3.02. The Morgan fingerprint density at radius 3 is 2.18 bits per heavy atom. The van der Waals surface area contributed by atoms with Crippen LogP contribution in [0.15, 0.2) is 6.07 Å². The minimum Gasteiger partial charge on any atom is -0.327 e. The number of nitrogens with one attached hydrogen (secondary N) is 1. The first kappa shape index (κ1) is 13.4. The Morgan fingerprint density at radius 1 is 1.29 bits per heavy atom. The first-order chi connectivity index (χ1) is 7.82. The molecule has 0 radical (unpaired) electrons. The zero-order chi connectivity index (χ0) is 13.2. The molecule has 1 amide bonds. The molecule has 1 atom stereocenters. The fraction of sp³-hybridized carbons (Fsp3) is 0.300. The molecule has 0 fully saturated rings. The number of benzene rings is 1. The van der Waals surface area contributed by atoms with Crippen molar-refractivity contribution in [3.8, 4) is 0 Å². The van der Waals surface area contributed by atoms with Gasteiger partial charge in [0.25, 0.3) is 0 Å². The van der Waals surface area contributed by atoms with Crippen molar-refractivity contribution < 1.29 is 22.4 Å². The molecule has 7 heteroatoms. The van der Waals surface area contributed by atoms with E-state index < -0.39 is 40.9 Å². The predicted molar refractivity (Wildman–Crippen MR) is 53.2 cm³/mol. The van der Waals surface area contributed by atoms with Gasteiger partial charge in [-0.2, -0.15) is 0 Å². The van der Waals surface area contributed by atoms with Gasteiger partial charge < -0.3 is 11.1 Å². The average Bonchev–Trinajstić information content (AvgIpc) is 2.20. The number of carbonyl (C=O) groups is 1. The molecule has 94 valence electrons. The second kappa shape index (κ2) is 5.13. The number of nitrogens with two attached hydrogens (primary N) is 1. The molecular formula is C10H10F4N2O. The van der Waals surface area contributed by atoms with Crippen LogP contribution in [0.3, 0.4) is 0 Å². The summed E-state index contributed by atoms with van der Waals surface area (Å²) in [5.74, 6) is -7.30. The minimum absolute atomic E-state index is 0.0614. The number of anilines is 1. The van der Waals surface area contributed by atoms with E-state index in [0.717, 1.165) is 0 Å². The smallest absolute Gasteiger partial charge is 0.226 e. The van der Waals surface area contributed by atoms with Crippen LogP contribution in [-0.2, 0) is 4.79 Å². The van der Waals surface area contributed by atoms with Crippen molar-refractivity contribution in [1.82, 2.24) is 0 Å². The van der Waals surface area contributed by atoms with Gasteiger partial charge in [0.15, 0.2) is 23.3 Å². The first-order valence-corrected chi connectivity index (χ1v) is 4.71. The van der Waals surface area contributed by atoms with E-state index in [1.165, 1.54) is 6.92 Å². The van der Waals surface area contributed by atoms with Gasteiger partial charge in [0, 0.05) is 18.5 Å². The monoisotopic (exact) mass is 250 g/mol. The number of amides is 1. The van der Waals surface area contributed by atoms with Gasteiger partial charge in [0.05, 0.1) is 0 Å². The van der Waals surface area contributed by atoms with Crippen LogP contribution in [0.4, 0.5) is 23.2 Å². The third kappa shape index (κ3) is 3.16. The van der Waals surface area contributed by atoms with E-state index in [0.29, 0.717) is 0 Å². The number of halogens is 4. The van der Waals surface area contributed by atoms with E-state index in [1.54, 1.807) is 5.32 Å². The topological polar surface area (TPSA) is 55.1 Å². The highest BCUT2D eigenvalue weighted by molar-refractivity contribution is 5.91. The SMILES string of the molecule is CC(N)CC(=O)Nc1c(F)c(F)cc(F)c1F. The van der Waals surface area contributed by atoms with Crippen molar-refractivity contribution in [2.24, 2.45) is 5.73 Å². The maximum absolute atomic E-state index is 13.1. The maximum atomic E-state index is 13.1. The highest BCUT2D eigenvalue weighted by atomic mass is 19.2. The summed E-state index contributed by atoms with van der Waals surface area (Å²) in [6, 6.07) is -0.481. The van der Waals surface area contributed by atoms with Crippen molar-refractivity contribution in [2.75, 3.05) is 5.32 Å². The lowest BCUT2D eigenvalue weighted by Gasteiger charge is -2.10. The van der Waals surface area contributed by atoms with Crippen molar-refractivity contribution in [3.05, 3.63) is 29.3 Å². The summed E-state index contributed by atoms with van der Waals surface area (Å²) in [5, 5.41) is 1.74. The van der Waals surface area contributed by atoms with E-state index in [1.807, 2.05) is 0 Å². The lowest BCUT2D eigenvalue weighted by molar-refractivity contribution is -0.116. The molecule has 1 aromatic carbocycles. The van der Waals surface area contributed by atoms with Gasteiger partial charge in [-0.15, -0.1) is 0 Å². The van der Waals surface area contributed by atoms with Gasteiger partial charge in [-0.1, -0.05) is 0 Å². The summed E-state index contributed by atoms with van der Waals surface area (Å²) >= 11 is 0. The lowest BCUT2D eigenvalue weighted by Crippen LogP contribution is -2.25. The molecule has 3 nitrogen and oxygen atoms in total. The molecule has 1 unspecified atom stereocenters. The van der Waals surface area contributed by atoms with Crippen LogP contribution >= 0.6 is 0 Å². The second-order valence-corrected chi connectivity index (χ2v) is 3.57. The van der Waals surface area contributed by atoms with E-state index in [9.17, 15) is 22.4 Å². The molecule has 0 aromatic heterocycles. The maximum Gasteiger partial charge on any atom is 0.226 e. The van der Waals surface area contributed by atoms with E-state index >= 15 is 0 Å². The van der Waals surface area contributed by atoms with Crippen molar-refractivity contribution >= 4 is 11.6 Å². The van der Waals surface area contributed by atoms with Crippen LogP contribution < -0.4 is 11.1 Å². The van der Waals surface area contributed by atoms with Crippen molar-refractivity contribution in [1.29, 1.82) is 0 Å². The molecule has 0 bridgehead atoms. The summed E-state index contributed by atoms with van der Waals surface area (Å²) in [5.41, 5.74) is 4.14. The largest absolute Gasteiger partial charge is 0.327 e. The zero-order valence-electron chi connectivity index (χ0n) is 8.86. The second-order valence-electron chi connectivity index (χ2n) is 3.57. The molecule has 0 aliphatic heterocycles. The Morgan fingerprint density at radius 2 is 1.76 bits per heavy atom. The summed E-state index contributed by atoms with van der Waals surface area (Å²) in [7, 11) is 0. The van der Waals surface area contributed by atoms with Crippen LogP contribution in [0.5, 0.6) is 0 Å². The fourth-order valence-corrected chi connectivity index (χ4v) is 1.17. The lowest BCUT2D eigenvalue weighted by atomic mass is 10.2. The van der Waals surface area contributed by atoms with E-state index in [4.69, 9.17) is 5.73 Å². The molecule has 0 heterocycles. The van der Waals surface area contributed by atoms with Crippen LogP contribution in [-0.4, -0.2) is 11.9 Å². The van der Waals surface area contributed by atoms with Crippen molar-refractivity contribution in [3.63, 3.8) is 0 Å². The molecular weight excluding hydrogens is 240 g/mol. The number of rotatable bonds is 3. The highest BCUT2D eigenvalue weighted by Gasteiger charge is 2.20. The van der Waals surface area contributed by atoms with Crippen LogP contribution in [0, 0.1) is 23.3 Å². The van der Waals surface area contributed by atoms with Crippen LogP contribution in [0.1, 0.15) is 13.3 Å². The van der Waals surface area contributed by atoms with Crippen LogP contribution in [0.25, 0.3) is 0 Å². The minimum atomic E-state index is -1.65. The molecule has 0 aliphatic carbocycles. The Bertz CT molecular complexity index is 422. The Labute approximate surface area is 94.6 Å². The van der Waals surface area contributed by atoms with Gasteiger partial charge in [-0.3, -0.25) is 4.79 Å². The molecule has 0 aliphatic rings. The molecule has 3 N–H and O–H groups in total. The van der Waals surface area contributed by atoms with E-state index in [2.05, 4.69) is 0 Å². The molecule has 0 spiro atoms. The predicted octanol–water partition coefficient (Wildman–Crippen LogP) is 1.92. The van der Waals surface area contributed by atoms with E-state index in [-0.39, 0.29) is 12.5 Å². The highest BCUT2D eigenvalue weighted by Crippen LogP contribution is 2.24. The fourth-order valence-electron chi connectivity index (χ4n) is 1.17. The van der Waals surface area contributed by atoms with Gasteiger partial charge in [0.2, 0.25) is 5.91 Å². The Kier molecular flexibility index (Phi) is 4.06. The van der Waals surface area contributed by atoms with Gasteiger partial charge in [-0.05, 0) is 6.92 Å². The number of hydrogen-bond donors (Lipinski definition) is 2. The van der Waals surface area contributed by atoms with Crippen molar-refractivity contribution in [2.45, 2.75) is 19.4 Å². The average molecular weight is 250 g/mol. The van der Waals surface area contributed by atoms with Gasteiger partial charge in [0.1, 0.15) is 5.69 Å². The Hall–Kier alpha value is -1.63. The normalized spacial score (nSPS) is 12.4. The zero-order valence-corrected chi connectivity index (χ0v) is 8.86. The third-order valence-corrected chi connectivity index (χ3v) is 1.88. The molecule has 1 aromatic rings. The summed E-state index contributed by atoms with van der Waals surface area (Å²) in [6.07, 6.45) is -0.225. The third-order valence-electron chi connectivity index (χ3n) is 1.88. The summed E-state index contributed by atoms with van der Waals surface area (Å²) < 4.78 is 51.8. The van der Waals surface area contributed by atoms with Gasteiger partial charge in [-0.25, -0.2) is 17.6 Å².